The van der Waals surface area contributed by atoms with E-state index in [0.29, 0.717) is 6.54 Å². The molecule has 1 amide bonds. The van der Waals surface area contributed by atoms with Gasteiger partial charge in [-0.2, -0.15) is 0 Å². The minimum Gasteiger partial charge on any atom is -0.304 e. The number of hydrogen-bond acceptors (Lipinski definition) is 3. The summed E-state index contributed by atoms with van der Waals surface area (Å²) in [6, 6.07) is 23.2. The molecule has 0 fully saturated rings. The Labute approximate surface area is 141 Å². The minimum atomic E-state index is -0.00343. The summed E-state index contributed by atoms with van der Waals surface area (Å²) in [6.07, 6.45) is 3.53. The molecule has 0 bridgehead atoms. The van der Waals surface area contributed by atoms with Gasteiger partial charge in [-0.25, -0.2) is 0 Å². The van der Waals surface area contributed by atoms with Gasteiger partial charge in [0.1, 0.15) is 0 Å². The molecule has 3 aromatic rings. The molecule has 1 heterocycles. The van der Waals surface area contributed by atoms with Crippen molar-refractivity contribution < 1.29 is 4.79 Å². The topological polar surface area (TPSA) is 45.2 Å². The van der Waals surface area contributed by atoms with Crippen molar-refractivity contribution in [2.24, 2.45) is 0 Å². The van der Waals surface area contributed by atoms with Crippen molar-refractivity contribution in [2.45, 2.75) is 6.54 Å². The zero-order chi connectivity index (χ0) is 16.6. The number of carbonyl (C=O) groups excluding carboxylic acids is 1. The van der Waals surface area contributed by atoms with E-state index in [1.54, 1.807) is 17.3 Å². The van der Waals surface area contributed by atoms with Crippen molar-refractivity contribution in [3.63, 3.8) is 0 Å². The summed E-state index contributed by atoms with van der Waals surface area (Å²) in [4.78, 5) is 18.6. The zero-order valence-corrected chi connectivity index (χ0v) is 13.3. The molecular weight excluding hydrogens is 298 g/mol. The van der Waals surface area contributed by atoms with E-state index in [4.69, 9.17) is 0 Å². The highest BCUT2D eigenvalue weighted by atomic mass is 16.2. The fourth-order valence-corrected chi connectivity index (χ4v) is 2.49. The lowest BCUT2D eigenvalue weighted by Gasteiger charge is -2.23. The van der Waals surface area contributed by atoms with Crippen molar-refractivity contribution in [1.29, 1.82) is 0 Å². The van der Waals surface area contributed by atoms with Crippen LogP contribution in [0, 0.1) is 0 Å². The van der Waals surface area contributed by atoms with E-state index in [1.807, 2.05) is 72.8 Å². The first-order chi connectivity index (χ1) is 11.8. The Hall–Kier alpha value is -2.98. The maximum absolute atomic E-state index is 12.8. The van der Waals surface area contributed by atoms with Crippen LogP contribution in [0.2, 0.25) is 0 Å². The summed E-state index contributed by atoms with van der Waals surface area (Å²) < 4.78 is 0. The Morgan fingerprint density at radius 1 is 0.875 bits per heavy atom. The van der Waals surface area contributed by atoms with Crippen LogP contribution in [0.25, 0.3) is 0 Å². The Morgan fingerprint density at radius 2 is 1.50 bits per heavy atom. The fraction of sp³-hybridized carbons (Fsp3) is 0.100. The fourth-order valence-electron chi connectivity index (χ4n) is 2.49. The van der Waals surface area contributed by atoms with Crippen LogP contribution in [0.3, 0.4) is 0 Å². The van der Waals surface area contributed by atoms with Gasteiger partial charge in [-0.1, -0.05) is 42.5 Å². The molecule has 0 spiro atoms. The van der Waals surface area contributed by atoms with E-state index < -0.39 is 0 Å². The van der Waals surface area contributed by atoms with Gasteiger partial charge < -0.3 is 5.32 Å². The van der Waals surface area contributed by atoms with Crippen LogP contribution in [-0.2, 0) is 11.3 Å². The van der Waals surface area contributed by atoms with Crippen LogP contribution in [-0.4, -0.2) is 17.4 Å². The number of amides is 1. The molecule has 4 nitrogen and oxygen atoms in total. The first kappa shape index (κ1) is 15.9. The van der Waals surface area contributed by atoms with Crippen molar-refractivity contribution >= 4 is 17.3 Å². The third-order valence-corrected chi connectivity index (χ3v) is 3.61. The average Bonchev–Trinajstić information content (AvgIpc) is 2.65. The highest BCUT2D eigenvalue weighted by Crippen LogP contribution is 2.24. The van der Waals surface area contributed by atoms with Crippen LogP contribution in [0.1, 0.15) is 5.56 Å². The number of nitrogens with zero attached hydrogens (tertiary/aromatic N) is 2. The number of anilines is 2. The number of nitrogens with one attached hydrogen (secondary N) is 1. The normalized spacial score (nSPS) is 10.3. The Kier molecular flexibility index (Phi) is 5.32. The van der Waals surface area contributed by atoms with Gasteiger partial charge >= 0.3 is 0 Å². The Bertz CT molecular complexity index is 721. The van der Waals surface area contributed by atoms with E-state index in [2.05, 4.69) is 10.3 Å². The molecule has 0 radical (unpaired) electrons. The smallest absolute Gasteiger partial charge is 0.245 e. The molecule has 1 aromatic heterocycles. The molecule has 0 aliphatic heterocycles. The van der Waals surface area contributed by atoms with Gasteiger partial charge in [0, 0.05) is 30.3 Å². The van der Waals surface area contributed by atoms with Crippen molar-refractivity contribution in [1.82, 2.24) is 10.3 Å². The van der Waals surface area contributed by atoms with Gasteiger partial charge in [-0.05, 0) is 35.9 Å². The molecule has 24 heavy (non-hydrogen) atoms. The van der Waals surface area contributed by atoms with Crippen molar-refractivity contribution in [3.8, 4) is 0 Å². The third kappa shape index (κ3) is 4.06. The van der Waals surface area contributed by atoms with Crippen molar-refractivity contribution in [2.75, 3.05) is 11.4 Å². The van der Waals surface area contributed by atoms with E-state index in [9.17, 15) is 4.79 Å². The first-order valence-electron chi connectivity index (χ1n) is 7.87. The molecule has 0 atom stereocenters. The lowest BCUT2D eigenvalue weighted by atomic mass is 10.2. The maximum Gasteiger partial charge on any atom is 0.245 e. The Balaban J connectivity index is 1.72. The molecule has 2 aromatic carbocycles. The lowest BCUT2D eigenvalue weighted by molar-refractivity contribution is -0.117. The SMILES string of the molecule is O=C(CNCc1cccnc1)N(c1ccccc1)c1ccccc1. The van der Waals surface area contributed by atoms with Crippen LogP contribution in [0.15, 0.2) is 85.2 Å². The van der Waals surface area contributed by atoms with E-state index in [-0.39, 0.29) is 12.5 Å². The van der Waals surface area contributed by atoms with Gasteiger partial charge in [-0.15, -0.1) is 0 Å². The second-order valence-corrected chi connectivity index (χ2v) is 5.37. The quantitative estimate of drug-likeness (QED) is 0.756. The van der Waals surface area contributed by atoms with Gasteiger partial charge in [-0.3, -0.25) is 14.7 Å². The highest BCUT2D eigenvalue weighted by molar-refractivity contribution is 6.01. The van der Waals surface area contributed by atoms with Crippen LogP contribution in [0.5, 0.6) is 0 Å². The summed E-state index contributed by atoms with van der Waals surface area (Å²) in [5.74, 6) is -0.00343. The number of para-hydroxylation sites is 2. The summed E-state index contributed by atoms with van der Waals surface area (Å²) in [5.41, 5.74) is 2.77. The third-order valence-electron chi connectivity index (χ3n) is 3.61. The summed E-state index contributed by atoms with van der Waals surface area (Å²) >= 11 is 0. The number of aromatic nitrogens is 1. The standard InChI is InChI=1S/C20H19N3O/c24-20(16-22-15-17-8-7-13-21-14-17)23(18-9-3-1-4-10-18)19-11-5-2-6-12-19/h1-14,22H,15-16H2. The van der Waals surface area contributed by atoms with Crippen LogP contribution >= 0.6 is 0 Å². The first-order valence-corrected chi connectivity index (χ1v) is 7.87. The molecule has 0 saturated carbocycles. The van der Waals surface area contributed by atoms with Gasteiger partial charge in [0.2, 0.25) is 5.91 Å². The predicted octanol–water partition coefficient (Wildman–Crippen LogP) is 3.54. The second kappa shape index (κ2) is 8.04. The predicted molar refractivity (Wildman–Crippen MR) is 96.0 cm³/mol. The van der Waals surface area contributed by atoms with Crippen LogP contribution < -0.4 is 10.2 Å². The highest BCUT2D eigenvalue weighted by Gasteiger charge is 2.17. The van der Waals surface area contributed by atoms with Gasteiger partial charge in [0.15, 0.2) is 0 Å². The average molecular weight is 317 g/mol. The van der Waals surface area contributed by atoms with Gasteiger partial charge in [0.05, 0.1) is 6.54 Å². The largest absolute Gasteiger partial charge is 0.304 e. The molecule has 3 rings (SSSR count). The van der Waals surface area contributed by atoms with Crippen LogP contribution in [0.4, 0.5) is 11.4 Å². The minimum absolute atomic E-state index is 0.00343. The molecule has 4 heteroatoms. The van der Waals surface area contributed by atoms with E-state index >= 15 is 0 Å². The number of pyridine rings is 1. The second-order valence-electron chi connectivity index (χ2n) is 5.37. The molecule has 0 aliphatic carbocycles. The summed E-state index contributed by atoms with van der Waals surface area (Å²) in [7, 11) is 0. The number of rotatable bonds is 6. The lowest BCUT2D eigenvalue weighted by Crippen LogP contribution is -2.35. The monoisotopic (exact) mass is 317 g/mol. The van der Waals surface area contributed by atoms with E-state index in [1.165, 1.54) is 0 Å². The maximum atomic E-state index is 12.8. The molecule has 0 saturated heterocycles. The summed E-state index contributed by atoms with van der Waals surface area (Å²) in [6.45, 7) is 0.857. The summed E-state index contributed by atoms with van der Waals surface area (Å²) in [5, 5.41) is 3.19. The van der Waals surface area contributed by atoms with E-state index in [0.717, 1.165) is 16.9 Å². The molecular formula is C20H19N3O. The zero-order valence-electron chi connectivity index (χ0n) is 13.3. The molecule has 0 aliphatic rings. The number of benzene rings is 2. The molecule has 0 unspecified atom stereocenters. The van der Waals surface area contributed by atoms with Gasteiger partial charge in [0.25, 0.3) is 0 Å². The number of carbonyl (C=O) groups is 1. The molecule has 120 valence electrons. The molecule has 1 N–H and O–H groups in total. The number of hydrogen-bond donors (Lipinski definition) is 1. The Morgan fingerprint density at radius 3 is 2.04 bits per heavy atom. The van der Waals surface area contributed by atoms with Crippen molar-refractivity contribution in [3.05, 3.63) is 90.8 Å².